The van der Waals surface area contributed by atoms with Gasteiger partial charge in [-0.05, 0) is 43.7 Å². The van der Waals surface area contributed by atoms with Crippen LogP contribution in [-0.4, -0.2) is 35.5 Å². The Morgan fingerprint density at radius 3 is 2.68 bits per heavy atom. The molecule has 102 valence electrons. The van der Waals surface area contributed by atoms with Crippen LogP contribution in [-0.2, 0) is 11.3 Å². The maximum Gasteiger partial charge on any atom is 0.339 e. The zero-order chi connectivity index (χ0) is 13.2. The van der Waals surface area contributed by atoms with Crippen LogP contribution < -0.4 is 0 Å². The number of ether oxygens (including phenoxy) is 1. The van der Waals surface area contributed by atoms with Crippen molar-refractivity contribution < 1.29 is 9.53 Å². The van der Waals surface area contributed by atoms with Crippen LogP contribution in [0.15, 0.2) is 18.3 Å². The standard InChI is InChI=1S/C15H20N2O2/c1-19-15(18)12-4-5-13(16-8-12)10-17(14-6-7-14)9-11-2-3-11/h4-5,8,11,14H,2-3,6-7,9-10H2,1H3. The third kappa shape index (κ3) is 3.32. The van der Waals surface area contributed by atoms with E-state index in [1.165, 1.54) is 39.3 Å². The molecule has 19 heavy (non-hydrogen) atoms. The van der Waals surface area contributed by atoms with Gasteiger partial charge in [0.1, 0.15) is 0 Å². The third-order valence-corrected chi connectivity index (χ3v) is 3.86. The smallest absolute Gasteiger partial charge is 0.339 e. The summed E-state index contributed by atoms with van der Waals surface area (Å²) in [4.78, 5) is 18.3. The largest absolute Gasteiger partial charge is 0.465 e. The lowest BCUT2D eigenvalue weighted by Crippen LogP contribution is -2.28. The number of pyridine rings is 1. The first-order valence-corrected chi connectivity index (χ1v) is 7.03. The predicted molar refractivity (Wildman–Crippen MR) is 71.7 cm³/mol. The minimum atomic E-state index is -0.323. The zero-order valence-corrected chi connectivity index (χ0v) is 11.3. The first-order chi connectivity index (χ1) is 9.26. The maximum absolute atomic E-state index is 11.3. The summed E-state index contributed by atoms with van der Waals surface area (Å²) in [5.41, 5.74) is 1.56. The Morgan fingerprint density at radius 2 is 2.16 bits per heavy atom. The average molecular weight is 260 g/mol. The normalized spacial score (nSPS) is 18.6. The molecule has 4 nitrogen and oxygen atoms in total. The van der Waals surface area contributed by atoms with Gasteiger partial charge in [0.2, 0.25) is 0 Å². The number of nitrogens with zero attached hydrogens (tertiary/aromatic N) is 2. The highest BCUT2D eigenvalue weighted by molar-refractivity contribution is 5.88. The van der Waals surface area contributed by atoms with E-state index in [1.54, 1.807) is 12.3 Å². The predicted octanol–water partition coefficient (Wildman–Crippen LogP) is 2.24. The van der Waals surface area contributed by atoms with Crippen LogP contribution in [0.5, 0.6) is 0 Å². The van der Waals surface area contributed by atoms with Gasteiger partial charge in [0, 0.05) is 25.3 Å². The Morgan fingerprint density at radius 1 is 1.37 bits per heavy atom. The van der Waals surface area contributed by atoms with Crippen LogP contribution in [0.4, 0.5) is 0 Å². The molecule has 3 rings (SSSR count). The molecular formula is C15H20N2O2. The topological polar surface area (TPSA) is 42.4 Å². The Kier molecular flexibility index (Phi) is 3.51. The highest BCUT2D eigenvalue weighted by Crippen LogP contribution is 2.35. The summed E-state index contributed by atoms with van der Waals surface area (Å²) in [5.74, 6) is 0.589. The molecule has 2 aliphatic rings. The van der Waals surface area contributed by atoms with Crippen LogP contribution in [0.25, 0.3) is 0 Å². The summed E-state index contributed by atoms with van der Waals surface area (Å²) in [6.07, 6.45) is 7.04. The van der Waals surface area contributed by atoms with Gasteiger partial charge in [0.25, 0.3) is 0 Å². The molecule has 2 aliphatic carbocycles. The monoisotopic (exact) mass is 260 g/mol. The Hall–Kier alpha value is -1.42. The van der Waals surface area contributed by atoms with E-state index >= 15 is 0 Å². The van der Waals surface area contributed by atoms with Crippen molar-refractivity contribution in [2.24, 2.45) is 5.92 Å². The van der Waals surface area contributed by atoms with Crippen LogP contribution in [0.1, 0.15) is 41.7 Å². The molecule has 1 aromatic rings. The third-order valence-electron chi connectivity index (χ3n) is 3.86. The van der Waals surface area contributed by atoms with E-state index in [9.17, 15) is 4.79 Å². The van der Waals surface area contributed by atoms with Gasteiger partial charge < -0.3 is 4.74 Å². The van der Waals surface area contributed by atoms with Crippen molar-refractivity contribution in [1.29, 1.82) is 0 Å². The minimum absolute atomic E-state index is 0.323. The SMILES string of the molecule is COC(=O)c1ccc(CN(CC2CC2)C2CC2)nc1. The summed E-state index contributed by atoms with van der Waals surface area (Å²) < 4.78 is 4.68. The van der Waals surface area contributed by atoms with E-state index in [-0.39, 0.29) is 5.97 Å². The van der Waals surface area contributed by atoms with Gasteiger partial charge >= 0.3 is 5.97 Å². The van der Waals surface area contributed by atoms with Crippen LogP contribution in [0, 0.1) is 5.92 Å². The van der Waals surface area contributed by atoms with E-state index in [4.69, 9.17) is 0 Å². The van der Waals surface area contributed by atoms with Crippen molar-refractivity contribution in [2.75, 3.05) is 13.7 Å². The lowest BCUT2D eigenvalue weighted by atomic mass is 10.2. The molecular weight excluding hydrogens is 240 g/mol. The van der Waals surface area contributed by atoms with E-state index in [0.29, 0.717) is 5.56 Å². The second-order valence-electron chi connectivity index (χ2n) is 5.63. The molecule has 4 heteroatoms. The first kappa shape index (κ1) is 12.6. The summed E-state index contributed by atoms with van der Waals surface area (Å²) in [6.45, 7) is 2.12. The van der Waals surface area contributed by atoms with Gasteiger partial charge in [0.05, 0.1) is 18.4 Å². The van der Waals surface area contributed by atoms with Crippen molar-refractivity contribution in [3.8, 4) is 0 Å². The van der Waals surface area contributed by atoms with Crippen molar-refractivity contribution in [3.63, 3.8) is 0 Å². The Bertz CT molecular complexity index is 450. The molecule has 0 N–H and O–H groups in total. The summed E-state index contributed by atoms with van der Waals surface area (Å²) in [7, 11) is 1.39. The number of hydrogen-bond acceptors (Lipinski definition) is 4. The van der Waals surface area contributed by atoms with Gasteiger partial charge in [-0.2, -0.15) is 0 Å². The molecule has 0 atom stereocenters. The second kappa shape index (κ2) is 5.29. The molecule has 2 saturated carbocycles. The van der Waals surface area contributed by atoms with Gasteiger partial charge in [-0.3, -0.25) is 9.88 Å². The molecule has 2 fully saturated rings. The molecule has 0 spiro atoms. The zero-order valence-electron chi connectivity index (χ0n) is 11.3. The van der Waals surface area contributed by atoms with Gasteiger partial charge in [-0.1, -0.05) is 0 Å². The fourth-order valence-corrected chi connectivity index (χ4v) is 2.38. The van der Waals surface area contributed by atoms with Crippen LogP contribution >= 0.6 is 0 Å². The quantitative estimate of drug-likeness (QED) is 0.736. The number of aromatic nitrogens is 1. The lowest BCUT2D eigenvalue weighted by Gasteiger charge is -2.21. The second-order valence-corrected chi connectivity index (χ2v) is 5.63. The highest BCUT2D eigenvalue weighted by Gasteiger charge is 2.33. The van der Waals surface area contributed by atoms with Crippen molar-refractivity contribution in [3.05, 3.63) is 29.6 Å². The van der Waals surface area contributed by atoms with Crippen molar-refractivity contribution in [1.82, 2.24) is 9.88 Å². The number of carbonyl (C=O) groups is 1. The lowest BCUT2D eigenvalue weighted by molar-refractivity contribution is 0.0600. The fourth-order valence-electron chi connectivity index (χ4n) is 2.38. The van der Waals surface area contributed by atoms with Crippen molar-refractivity contribution in [2.45, 2.75) is 38.3 Å². The summed E-state index contributed by atoms with van der Waals surface area (Å²) in [5, 5.41) is 0. The molecule has 0 amide bonds. The average Bonchev–Trinajstić information content (AvgIpc) is 3.29. The van der Waals surface area contributed by atoms with E-state index in [2.05, 4.69) is 14.6 Å². The van der Waals surface area contributed by atoms with Crippen LogP contribution in [0.3, 0.4) is 0 Å². The van der Waals surface area contributed by atoms with Gasteiger partial charge in [0.15, 0.2) is 0 Å². The first-order valence-electron chi connectivity index (χ1n) is 7.03. The molecule has 0 aliphatic heterocycles. The van der Waals surface area contributed by atoms with E-state index in [0.717, 1.165) is 24.2 Å². The molecule has 1 heterocycles. The van der Waals surface area contributed by atoms with E-state index in [1.807, 2.05) is 6.07 Å². The van der Waals surface area contributed by atoms with E-state index < -0.39 is 0 Å². The number of hydrogen-bond donors (Lipinski definition) is 0. The minimum Gasteiger partial charge on any atom is -0.465 e. The molecule has 0 bridgehead atoms. The molecule has 0 unspecified atom stereocenters. The van der Waals surface area contributed by atoms with Crippen molar-refractivity contribution >= 4 is 5.97 Å². The Balaban J connectivity index is 1.62. The number of carbonyl (C=O) groups excluding carboxylic acids is 1. The molecule has 0 aromatic carbocycles. The highest BCUT2D eigenvalue weighted by atomic mass is 16.5. The maximum atomic E-state index is 11.3. The fraction of sp³-hybridized carbons (Fsp3) is 0.600. The number of esters is 1. The van der Waals surface area contributed by atoms with Gasteiger partial charge in [-0.25, -0.2) is 4.79 Å². The summed E-state index contributed by atoms with van der Waals surface area (Å²) in [6, 6.07) is 4.51. The number of methoxy groups -OCH3 is 1. The summed E-state index contributed by atoms with van der Waals surface area (Å²) >= 11 is 0. The molecule has 0 radical (unpaired) electrons. The number of rotatable bonds is 6. The Labute approximate surface area is 113 Å². The van der Waals surface area contributed by atoms with Crippen LogP contribution in [0.2, 0.25) is 0 Å². The molecule has 0 saturated heterocycles. The van der Waals surface area contributed by atoms with Gasteiger partial charge in [-0.15, -0.1) is 0 Å². The molecule has 1 aromatic heterocycles.